The first-order valence-electron chi connectivity index (χ1n) is 10.1. The van der Waals surface area contributed by atoms with E-state index in [1.807, 2.05) is 13.8 Å². The molecule has 6 nitrogen and oxygen atoms in total. The van der Waals surface area contributed by atoms with Crippen LogP contribution >= 0.6 is 11.3 Å². The molecule has 2 aliphatic heterocycles. The summed E-state index contributed by atoms with van der Waals surface area (Å²) in [7, 11) is 0. The number of thiophene rings is 1. The van der Waals surface area contributed by atoms with Gasteiger partial charge in [0.05, 0.1) is 23.8 Å². The quantitative estimate of drug-likeness (QED) is 0.648. The van der Waals surface area contributed by atoms with E-state index in [4.69, 9.17) is 14.5 Å². The summed E-state index contributed by atoms with van der Waals surface area (Å²) in [5.41, 5.74) is 3.34. The molecule has 0 atom stereocenters. The molecule has 0 amide bonds. The number of pyridine rings is 1. The number of nitrogens with zero attached hydrogens (tertiary/aromatic N) is 4. The number of hydrogen-bond acceptors (Lipinski definition) is 7. The van der Waals surface area contributed by atoms with Gasteiger partial charge in [-0.05, 0) is 46.1 Å². The van der Waals surface area contributed by atoms with E-state index < -0.39 is 0 Å². The van der Waals surface area contributed by atoms with Gasteiger partial charge in [0.25, 0.3) is 0 Å². The summed E-state index contributed by atoms with van der Waals surface area (Å²) in [4.78, 5) is 17.6. The molecular formula is C21H26N4O2S. The lowest BCUT2D eigenvalue weighted by Crippen LogP contribution is -2.33. The molecule has 148 valence electrons. The van der Waals surface area contributed by atoms with E-state index in [0.717, 1.165) is 45.8 Å². The van der Waals surface area contributed by atoms with Crippen LogP contribution in [0, 0.1) is 0 Å². The minimum atomic E-state index is -0.192. The molecule has 1 fully saturated rings. The molecule has 2 aliphatic rings. The minimum Gasteiger partial charge on any atom is -0.474 e. The maximum atomic E-state index is 6.19. The lowest BCUT2D eigenvalue weighted by molar-refractivity contribution is -0.0395. The number of ether oxygens (including phenoxy) is 2. The highest BCUT2D eigenvalue weighted by atomic mass is 32.1. The van der Waals surface area contributed by atoms with E-state index in [1.165, 1.54) is 24.0 Å². The molecule has 0 aliphatic carbocycles. The molecule has 5 rings (SSSR count). The van der Waals surface area contributed by atoms with E-state index in [-0.39, 0.29) is 11.7 Å². The fraction of sp³-hybridized carbons (Fsp3) is 0.571. The number of aromatic nitrogens is 3. The van der Waals surface area contributed by atoms with Crippen LogP contribution in [0.2, 0.25) is 0 Å². The second kappa shape index (κ2) is 6.52. The van der Waals surface area contributed by atoms with Crippen molar-refractivity contribution in [2.45, 2.75) is 65.3 Å². The number of hydrogen-bond donors (Lipinski definition) is 0. The van der Waals surface area contributed by atoms with Gasteiger partial charge < -0.3 is 14.4 Å². The number of rotatable bonds is 3. The van der Waals surface area contributed by atoms with Crippen molar-refractivity contribution in [1.29, 1.82) is 0 Å². The third-order valence-electron chi connectivity index (χ3n) is 5.53. The van der Waals surface area contributed by atoms with Crippen molar-refractivity contribution >= 4 is 37.6 Å². The van der Waals surface area contributed by atoms with Crippen LogP contribution in [0.15, 0.2) is 6.33 Å². The standard InChI is InChI=1S/C21H26N4O2S/c1-12(2)27-19-17-16(22-11-23-19)15-13-9-21(3,4)26-10-14(13)18(24-20(15)28-17)25-7-5-6-8-25/h11-12H,5-10H2,1-4H3. The van der Waals surface area contributed by atoms with Gasteiger partial charge >= 0.3 is 0 Å². The Bertz CT molecular complexity index is 1050. The molecule has 1 saturated heterocycles. The van der Waals surface area contributed by atoms with E-state index in [0.29, 0.717) is 12.5 Å². The zero-order valence-corrected chi connectivity index (χ0v) is 17.7. The zero-order valence-electron chi connectivity index (χ0n) is 16.9. The Balaban J connectivity index is 1.80. The topological polar surface area (TPSA) is 60.4 Å². The predicted octanol–water partition coefficient (Wildman–Crippen LogP) is 4.48. The molecule has 3 aromatic heterocycles. The lowest BCUT2D eigenvalue weighted by Gasteiger charge is -2.34. The summed E-state index contributed by atoms with van der Waals surface area (Å²) in [5, 5.41) is 1.16. The van der Waals surface area contributed by atoms with Crippen LogP contribution in [-0.4, -0.2) is 39.7 Å². The normalized spacial score (nSPS) is 19.0. The molecule has 0 radical (unpaired) electrons. The van der Waals surface area contributed by atoms with Gasteiger partial charge in [-0.3, -0.25) is 0 Å². The summed E-state index contributed by atoms with van der Waals surface area (Å²) in [6.45, 7) is 11.1. The van der Waals surface area contributed by atoms with Gasteiger partial charge in [-0.15, -0.1) is 11.3 Å². The predicted molar refractivity (Wildman–Crippen MR) is 112 cm³/mol. The fourth-order valence-electron chi connectivity index (χ4n) is 4.27. The Morgan fingerprint density at radius 3 is 2.71 bits per heavy atom. The van der Waals surface area contributed by atoms with Gasteiger partial charge in [-0.2, -0.15) is 0 Å². The maximum absolute atomic E-state index is 6.19. The maximum Gasteiger partial charge on any atom is 0.235 e. The largest absolute Gasteiger partial charge is 0.474 e. The van der Waals surface area contributed by atoms with Crippen molar-refractivity contribution in [3.8, 4) is 5.88 Å². The van der Waals surface area contributed by atoms with Gasteiger partial charge in [0.1, 0.15) is 21.7 Å². The van der Waals surface area contributed by atoms with Crippen LogP contribution in [0.25, 0.3) is 20.4 Å². The number of fused-ring (bicyclic) bond motifs is 5. The van der Waals surface area contributed by atoms with E-state index in [1.54, 1.807) is 17.7 Å². The van der Waals surface area contributed by atoms with Crippen LogP contribution in [0.1, 0.15) is 51.7 Å². The Hall–Kier alpha value is -1.99. The highest BCUT2D eigenvalue weighted by Gasteiger charge is 2.33. The van der Waals surface area contributed by atoms with Crippen molar-refractivity contribution in [3.05, 3.63) is 17.5 Å². The van der Waals surface area contributed by atoms with Crippen LogP contribution < -0.4 is 9.64 Å². The first kappa shape index (κ1) is 18.1. The Morgan fingerprint density at radius 1 is 1.18 bits per heavy atom. The summed E-state index contributed by atoms with van der Waals surface area (Å²) in [6.07, 6.45) is 4.99. The molecule has 0 spiro atoms. The number of anilines is 1. The van der Waals surface area contributed by atoms with Gasteiger partial charge in [0.15, 0.2) is 0 Å². The average molecular weight is 399 g/mol. The zero-order chi connectivity index (χ0) is 19.5. The highest BCUT2D eigenvalue weighted by Crippen LogP contribution is 2.44. The van der Waals surface area contributed by atoms with Gasteiger partial charge in [0.2, 0.25) is 5.88 Å². The van der Waals surface area contributed by atoms with Gasteiger partial charge in [0, 0.05) is 30.5 Å². The molecule has 3 aromatic rings. The lowest BCUT2D eigenvalue weighted by atomic mass is 9.90. The second-order valence-electron chi connectivity index (χ2n) is 8.62. The summed E-state index contributed by atoms with van der Waals surface area (Å²) in [6, 6.07) is 0. The monoisotopic (exact) mass is 398 g/mol. The molecule has 28 heavy (non-hydrogen) atoms. The Kier molecular flexibility index (Phi) is 4.21. The molecule has 0 N–H and O–H groups in total. The van der Waals surface area contributed by atoms with Crippen molar-refractivity contribution in [1.82, 2.24) is 15.0 Å². The minimum absolute atomic E-state index is 0.0673. The van der Waals surface area contributed by atoms with Crippen molar-refractivity contribution < 1.29 is 9.47 Å². The molecule has 7 heteroatoms. The van der Waals surface area contributed by atoms with E-state index >= 15 is 0 Å². The summed E-state index contributed by atoms with van der Waals surface area (Å²) < 4.78 is 13.1. The van der Waals surface area contributed by atoms with Gasteiger partial charge in [-0.25, -0.2) is 15.0 Å². The first-order valence-corrected chi connectivity index (χ1v) is 10.9. The highest BCUT2D eigenvalue weighted by molar-refractivity contribution is 7.25. The SMILES string of the molecule is CC(C)Oc1ncnc2c1sc1nc(N3CCCC3)c3c(c12)CC(C)(C)OC3. The molecule has 0 aromatic carbocycles. The fourth-order valence-corrected chi connectivity index (χ4v) is 5.35. The first-order chi connectivity index (χ1) is 13.4. The Labute approximate surface area is 168 Å². The molecule has 0 bridgehead atoms. The molecule has 5 heterocycles. The third-order valence-corrected chi connectivity index (χ3v) is 6.59. The van der Waals surface area contributed by atoms with Crippen molar-refractivity contribution in [3.63, 3.8) is 0 Å². The molecular weight excluding hydrogens is 372 g/mol. The Morgan fingerprint density at radius 2 is 1.96 bits per heavy atom. The summed E-state index contributed by atoms with van der Waals surface area (Å²) in [5.74, 6) is 1.76. The summed E-state index contributed by atoms with van der Waals surface area (Å²) >= 11 is 1.65. The van der Waals surface area contributed by atoms with Crippen LogP contribution in [0.4, 0.5) is 5.82 Å². The smallest absolute Gasteiger partial charge is 0.235 e. The van der Waals surface area contributed by atoms with Crippen LogP contribution in [-0.2, 0) is 17.8 Å². The second-order valence-corrected chi connectivity index (χ2v) is 9.62. The molecule has 0 unspecified atom stereocenters. The van der Waals surface area contributed by atoms with Gasteiger partial charge in [-0.1, -0.05) is 0 Å². The van der Waals surface area contributed by atoms with Crippen LogP contribution in [0.5, 0.6) is 5.88 Å². The molecule has 0 saturated carbocycles. The van der Waals surface area contributed by atoms with Crippen molar-refractivity contribution in [2.24, 2.45) is 0 Å². The van der Waals surface area contributed by atoms with E-state index in [2.05, 4.69) is 28.7 Å². The third kappa shape index (κ3) is 2.92. The van der Waals surface area contributed by atoms with Crippen LogP contribution in [0.3, 0.4) is 0 Å². The van der Waals surface area contributed by atoms with Crippen molar-refractivity contribution in [2.75, 3.05) is 18.0 Å². The average Bonchev–Trinajstić information content (AvgIpc) is 3.28. The van der Waals surface area contributed by atoms with E-state index in [9.17, 15) is 0 Å².